The number of ether oxygens (including phenoxy) is 3. The lowest BCUT2D eigenvalue weighted by molar-refractivity contribution is 0.0152. The highest BCUT2D eigenvalue weighted by Crippen LogP contribution is 2.37. The molecule has 0 radical (unpaired) electrons. The van der Waals surface area contributed by atoms with E-state index in [-0.39, 0.29) is 23.5 Å². The van der Waals surface area contributed by atoms with Crippen LogP contribution in [0.15, 0.2) is 18.2 Å². The standard InChI is InChI=1S/C24H30FN3O5/c1-3-19-21-20(14-24(15-26-22(21)29)7-11-32-12-8-24)28(27-19)9-4-10-33-23(30)17-6-5-16(31-2)13-18(17)25/h5-6,13H,3-4,7-12,14-15H2,1-2H3,(H,26,29). The van der Waals surface area contributed by atoms with Crippen molar-refractivity contribution in [1.82, 2.24) is 15.1 Å². The lowest BCUT2D eigenvalue weighted by atomic mass is 9.76. The molecule has 1 aromatic heterocycles. The molecule has 0 saturated carbocycles. The predicted octanol–water partition coefficient (Wildman–Crippen LogP) is 2.92. The minimum atomic E-state index is -0.718. The zero-order valence-electron chi connectivity index (χ0n) is 19.1. The molecule has 178 valence electrons. The van der Waals surface area contributed by atoms with Gasteiger partial charge in [-0.05, 0) is 43.2 Å². The van der Waals surface area contributed by atoms with E-state index in [4.69, 9.17) is 19.3 Å². The maximum absolute atomic E-state index is 14.1. The molecule has 0 atom stereocenters. The van der Waals surface area contributed by atoms with Crippen LogP contribution in [0, 0.1) is 11.2 Å². The van der Waals surface area contributed by atoms with E-state index in [1.54, 1.807) is 0 Å². The van der Waals surface area contributed by atoms with Crippen molar-refractivity contribution in [2.24, 2.45) is 5.41 Å². The Labute approximate surface area is 192 Å². The fraction of sp³-hybridized carbons (Fsp3) is 0.542. The van der Waals surface area contributed by atoms with E-state index in [1.807, 2.05) is 11.6 Å². The summed E-state index contributed by atoms with van der Waals surface area (Å²) in [5, 5.41) is 7.80. The molecular formula is C24H30FN3O5. The minimum absolute atomic E-state index is 0.0275. The quantitative estimate of drug-likeness (QED) is 0.506. The maximum atomic E-state index is 14.1. The summed E-state index contributed by atoms with van der Waals surface area (Å²) >= 11 is 0. The number of rotatable bonds is 7. The highest BCUT2D eigenvalue weighted by Gasteiger charge is 2.39. The van der Waals surface area contributed by atoms with Crippen LogP contribution >= 0.6 is 0 Å². The van der Waals surface area contributed by atoms with Gasteiger partial charge in [-0.3, -0.25) is 9.48 Å². The SMILES string of the molecule is CCc1nn(CCCOC(=O)c2ccc(OC)cc2F)c2c1C(=O)NCC1(CCOCC1)C2. The van der Waals surface area contributed by atoms with Crippen molar-refractivity contribution in [3.63, 3.8) is 0 Å². The van der Waals surface area contributed by atoms with Gasteiger partial charge in [0.1, 0.15) is 11.6 Å². The fourth-order valence-corrected chi connectivity index (χ4v) is 4.60. The number of nitrogens with zero attached hydrogens (tertiary/aromatic N) is 2. The Morgan fingerprint density at radius 1 is 1.33 bits per heavy atom. The first-order valence-corrected chi connectivity index (χ1v) is 11.4. The zero-order chi connectivity index (χ0) is 23.4. The summed E-state index contributed by atoms with van der Waals surface area (Å²) in [6.45, 7) is 4.63. The zero-order valence-corrected chi connectivity index (χ0v) is 19.1. The van der Waals surface area contributed by atoms with Crippen LogP contribution in [0.2, 0.25) is 0 Å². The Hall–Kier alpha value is -2.94. The Balaban J connectivity index is 1.44. The van der Waals surface area contributed by atoms with E-state index in [1.165, 1.54) is 19.2 Å². The predicted molar refractivity (Wildman–Crippen MR) is 118 cm³/mol. The van der Waals surface area contributed by atoms with Gasteiger partial charge in [-0.15, -0.1) is 0 Å². The van der Waals surface area contributed by atoms with Gasteiger partial charge in [-0.2, -0.15) is 5.10 Å². The monoisotopic (exact) mass is 459 g/mol. The lowest BCUT2D eigenvalue weighted by Crippen LogP contribution is -2.40. The number of nitrogens with one attached hydrogen (secondary N) is 1. The third-order valence-corrected chi connectivity index (χ3v) is 6.56. The van der Waals surface area contributed by atoms with E-state index in [0.29, 0.717) is 50.5 Å². The van der Waals surface area contributed by atoms with E-state index < -0.39 is 11.8 Å². The second-order valence-corrected chi connectivity index (χ2v) is 8.65. The number of hydrogen-bond donors (Lipinski definition) is 1. The van der Waals surface area contributed by atoms with Crippen molar-refractivity contribution >= 4 is 11.9 Å². The van der Waals surface area contributed by atoms with Crippen LogP contribution in [-0.4, -0.2) is 55.1 Å². The van der Waals surface area contributed by atoms with Crippen molar-refractivity contribution < 1.29 is 28.2 Å². The molecule has 1 saturated heterocycles. The van der Waals surface area contributed by atoms with Gasteiger partial charge < -0.3 is 19.5 Å². The first-order valence-electron chi connectivity index (χ1n) is 11.4. The van der Waals surface area contributed by atoms with Gasteiger partial charge >= 0.3 is 5.97 Å². The Bertz CT molecular complexity index is 1030. The van der Waals surface area contributed by atoms with Crippen LogP contribution in [0.1, 0.15) is 58.3 Å². The molecule has 3 heterocycles. The Morgan fingerprint density at radius 2 is 2.12 bits per heavy atom. The van der Waals surface area contributed by atoms with Crippen molar-refractivity contribution in [3.05, 3.63) is 46.5 Å². The number of amides is 1. The number of esters is 1. The van der Waals surface area contributed by atoms with Crippen LogP contribution in [0.3, 0.4) is 0 Å². The van der Waals surface area contributed by atoms with Gasteiger partial charge in [0.15, 0.2) is 0 Å². The van der Waals surface area contributed by atoms with Crippen molar-refractivity contribution in [2.45, 2.75) is 45.6 Å². The molecule has 1 fully saturated rings. The molecule has 2 aromatic rings. The second-order valence-electron chi connectivity index (χ2n) is 8.65. The van der Waals surface area contributed by atoms with Crippen molar-refractivity contribution in [2.75, 3.05) is 33.5 Å². The van der Waals surface area contributed by atoms with Crippen LogP contribution in [0.4, 0.5) is 4.39 Å². The molecule has 1 N–H and O–H groups in total. The van der Waals surface area contributed by atoms with Crippen LogP contribution in [-0.2, 0) is 28.9 Å². The number of fused-ring (bicyclic) bond motifs is 1. The number of methoxy groups -OCH3 is 1. The van der Waals surface area contributed by atoms with E-state index in [2.05, 4.69) is 5.32 Å². The molecule has 0 unspecified atom stereocenters. The van der Waals surface area contributed by atoms with Crippen LogP contribution in [0.5, 0.6) is 5.75 Å². The average molecular weight is 460 g/mol. The van der Waals surface area contributed by atoms with Gasteiger partial charge in [0.05, 0.1) is 36.2 Å². The van der Waals surface area contributed by atoms with Gasteiger partial charge in [-0.25, -0.2) is 9.18 Å². The molecular weight excluding hydrogens is 429 g/mol. The van der Waals surface area contributed by atoms with E-state index >= 15 is 0 Å². The maximum Gasteiger partial charge on any atom is 0.341 e. The Morgan fingerprint density at radius 3 is 2.82 bits per heavy atom. The third-order valence-electron chi connectivity index (χ3n) is 6.56. The lowest BCUT2D eigenvalue weighted by Gasteiger charge is -2.36. The van der Waals surface area contributed by atoms with Crippen LogP contribution < -0.4 is 10.1 Å². The van der Waals surface area contributed by atoms with Gasteiger partial charge in [0, 0.05) is 38.8 Å². The number of carbonyl (C=O) groups excluding carboxylic acids is 2. The van der Waals surface area contributed by atoms with Gasteiger partial charge in [0.25, 0.3) is 5.91 Å². The fourth-order valence-electron chi connectivity index (χ4n) is 4.60. The molecule has 2 aliphatic heterocycles. The number of carbonyl (C=O) groups is 2. The highest BCUT2D eigenvalue weighted by atomic mass is 19.1. The summed E-state index contributed by atoms with van der Waals surface area (Å²) in [5.41, 5.74) is 2.24. The molecule has 2 aliphatic rings. The summed E-state index contributed by atoms with van der Waals surface area (Å²) in [4.78, 5) is 25.1. The molecule has 1 spiro atoms. The summed E-state index contributed by atoms with van der Waals surface area (Å²) in [7, 11) is 1.43. The largest absolute Gasteiger partial charge is 0.497 e. The van der Waals surface area contributed by atoms with Gasteiger partial charge in [0.2, 0.25) is 0 Å². The summed E-state index contributed by atoms with van der Waals surface area (Å²) in [6.07, 6.45) is 3.70. The molecule has 4 rings (SSSR count). The van der Waals surface area contributed by atoms with E-state index in [9.17, 15) is 14.0 Å². The third kappa shape index (κ3) is 4.88. The first kappa shape index (κ1) is 23.2. The molecule has 0 bridgehead atoms. The summed E-state index contributed by atoms with van der Waals surface area (Å²) < 4.78 is 31.8. The highest BCUT2D eigenvalue weighted by molar-refractivity contribution is 5.97. The Kier molecular flexibility index (Phi) is 6.97. The number of benzene rings is 1. The van der Waals surface area contributed by atoms with E-state index in [0.717, 1.165) is 36.7 Å². The molecule has 1 aromatic carbocycles. The normalized spacial score (nSPS) is 17.2. The van der Waals surface area contributed by atoms with Crippen molar-refractivity contribution in [1.29, 1.82) is 0 Å². The molecule has 9 heteroatoms. The van der Waals surface area contributed by atoms with Crippen molar-refractivity contribution in [3.8, 4) is 5.75 Å². The first-order chi connectivity index (χ1) is 16.0. The summed E-state index contributed by atoms with van der Waals surface area (Å²) in [6, 6.07) is 4.02. The minimum Gasteiger partial charge on any atom is -0.497 e. The number of halogens is 1. The second kappa shape index (κ2) is 9.91. The number of aryl methyl sites for hydroxylation is 2. The molecule has 1 amide bonds. The van der Waals surface area contributed by atoms with Crippen LogP contribution in [0.25, 0.3) is 0 Å². The average Bonchev–Trinajstić information content (AvgIpc) is 3.10. The number of aromatic nitrogens is 2. The molecule has 0 aliphatic carbocycles. The topological polar surface area (TPSA) is 91.7 Å². The molecule has 33 heavy (non-hydrogen) atoms. The summed E-state index contributed by atoms with van der Waals surface area (Å²) in [5.74, 6) is -1.14. The van der Waals surface area contributed by atoms with Gasteiger partial charge in [-0.1, -0.05) is 6.92 Å². The smallest absolute Gasteiger partial charge is 0.341 e. The number of hydrogen-bond acceptors (Lipinski definition) is 6. The molecule has 8 nitrogen and oxygen atoms in total.